The molecular formula is C17H16N4O3S2. The molecule has 9 heteroatoms. The molecule has 26 heavy (non-hydrogen) atoms. The van der Waals surface area contributed by atoms with Gasteiger partial charge in [0.1, 0.15) is 0 Å². The number of hydrogen-bond donors (Lipinski definition) is 2. The van der Waals surface area contributed by atoms with Crippen LogP contribution in [0.3, 0.4) is 0 Å². The van der Waals surface area contributed by atoms with Gasteiger partial charge in [0, 0.05) is 17.4 Å². The van der Waals surface area contributed by atoms with Crippen molar-refractivity contribution in [2.45, 2.75) is 6.92 Å². The molecule has 0 unspecified atom stereocenters. The Balaban J connectivity index is 1.80. The summed E-state index contributed by atoms with van der Waals surface area (Å²) in [4.78, 5) is 22.0. The first-order chi connectivity index (χ1) is 12.3. The fourth-order valence-corrected chi connectivity index (χ4v) is 3.79. The van der Waals surface area contributed by atoms with Crippen molar-refractivity contribution in [2.75, 3.05) is 16.3 Å². The van der Waals surface area contributed by atoms with Gasteiger partial charge in [0.05, 0.1) is 22.5 Å². The zero-order valence-electron chi connectivity index (χ0n) is 14.1. The van der Waals surface area contributed by atoms with E-state index in [1.54, 1.807) is 24.4 Å². The zero-order valence-corrected chi connectivity index (χ0v) is 15.7. The van der Waals surface area contributed by atoms with Gasteiger partial charge in [0.2, 0.25) is 10.0 Å². The van der Waals surface area contributed by atoms with Crippen LogP contribution in [-0.2, 0) is 10.0 Å². The van der Waals surface area contributed by atoms with Gasteiger partial charge in [-0.05, 0) is 37.3 Å². The molecule has 0 bridgehead atoms. The summed E-state index contributed by atoms with van der Waals surface area (Å²) in [6.45, 7) is 1.85. The number of sulfonamides is 1. The van der Waals surface area contributed by atoms with E-state index in [-0.39, 0.29) is 5.91 Å². The van der Waals surface area contributed by atoms with Crippen molar-refractivity contribution in [1.29, 1.82) is 0 Å². The lowest BCUT2D eigenvalue weighted by molar-refractivity contribution is 0.102. The van der Waals surface area contributed by atoms with Crippen molar-refractivity contribution >= 4 is 38.1 Å². The molecule has 0 radical (unpaired) electrons. The largest absolute Gasteiger partial charge is 0.298 e. The van der Waals surface area contributed by atoms with Crippen molar-refractivity contribution in [3.8, 4) is 10.6 Å². The molecule has 2 heterocycles. The molecule has 0 spiro atoms. The average Bonchev–Trinajstić information content (AvgIpc) is 2.94. The third-order valence-electron chi connectivity index (χ3n) is 3.34. The molecule has 1 amide bonds. The smallest absolute Gasteiger partial charge is 0.257 e. The average molecular weight is 388 g/mol. The maximum Gasteiger partial charge on any atom is 0.257 e. The number of hydrogen-bond acceptors (Lipinski definition) is 6. The molecule has 7 nitrogen and oxygen atoms in total. The number of carbonyl (C=O) groups excluding carboxylic acids is 1. The van der Waals surface area contributed by atoms with Crippen LogP contribution in [0.4, 0.5) is 10.8 Å². The van der Waals surface area contributed by atoms with E-state index in [0.29, 0.717) is 16.4 Å². The molecule has 0 saturated carbocycles. The second-order valence-corrected chi connectivity index (χ2v) is 8.31. The number of aryl methyl sites for hydroxylation is 1. The number of amides is 1. The predicted molar refractivity (Wildman–Crippen MR) is 103 cm³/mol. The Kier molecular flexibility index (Phi) is 5.01. The Morgan fingerprint density at radius 1 is 1.15 bits per heavy atom. The molecule has 0 fully saturated rings. The zero-order chi connectivity index (χ0) is 18.7. The number of thiazole rings is 1. The van der Waals surface area contributed by atoms with Gasteiger partial charge in [0.25, 0.3) is 5.91 Å². The van der Waals surface area contributed by atoms with Crippen molar-refractivity contribution in [3.05, 3.63) is 59.9 Å². The Morgan fingerprint density at radius 3 is 2.65 bits per heavy atom. The van der Waals surface area contributed by atoms with Gasteiger partial charge >= 0.3 is 0 Å². The minimum Gasteiger partial charge on any atom is -0.298 e. The van der Waals surface area contributed by atoms with Gasteiger partial charge in [-0.1, -0.05) is 23.5 Å². The van der Waals surface area contributed by atoms with Crippen LogP contribution in [0.15, 0.2) is 48.7 Å². The van der Waals surface area contributed by atoms with E-state index in [2.05, 4.69) is 20.0 Å². The molecule has 1 aromatic carbocycles. The van der Waals surface area contributed by atoms with E-state index >= 15 is 0 Å². The SMILES string of the molecule is Cc1nc(NC(=O)c2cccc(NS(C)(=O)=O)c2)sc1-c1ccccn1. The van der Waals surface area contributed by atoms with E-state index in [0.717, 1.165) is 22.5 Å². The van der Waals surface area contributed by atoms with E-state index in [1.807, 2.05) is 25.1 Å². The van der Waals surface area contributed by atoms with Crippen LogP contribution >= 0.6 is 11.3 Å². The first kappa shape index (κ1) is 18.0. The van der Waals surface area contributed by atoms with Gasteiger partial charge in [-0.3, -0.25) is 19.8 Å². The summed E-state index contributed by atoms with van der Waals surface area (Å²) in [5, 5.41) is 3.20. The molecule has 3 rings (SSSR count). The summed E-state index contributed by atoms with van der Waals surface area (Å²) >= 11 is 1.33. The van der Waals surface area contributed by atoms with Crippen LogP contribution in [0, 0.1) is 6.92 Å². The fourth-order valence-electron chi connectivity index (χ4n) is 2.29. The van der Waals surface area contributed by atoms with E-state index < -0.39 is 10.0 Å². The number of rotatable bonds is 5. The normalized spacial score (nSPS) is 11.2. The number of pyridine rings is 1. The Labute approximate surface area is 155 Å². The lowest BCUT2D eigenvalue weighted by Crippen LogP contribution is -2.13. The topological polar surface area (TPSA) is 101 Å². The molecule has 0 aliphatic carbocycles. The number of anilines is 2. The third-order valence-corrected chi connectivity index (χ3v) is 5.04. The van der Waals surface area contributed by atoms with Crippen LogP contribution in [0.5, 0.6) is 0 Å². The summed E-state index contributed by atoms with van der Waals surface area (Å²) in [6.07, 6.45) is 2.75. The second-order valence-electron chi connectivity index (χ2n) is 5.56. The van der Waals surface area contributed by atoms with Gasteiger partial charge in [0.15, 0.2) is 5.13 Å². The van der Waals surface area contributed by atoms with E-state index in [4.69, 9.17) is 0 Å². The molecular weight excluding hydrogens is 372 g/mol. The number of benzene rings is 1. The molecule has 0 atom stereocenters. The van der Waals surface area contributed by atoms with Crippen molar-refractivity contribution in [1.82, 2.24) is 9.97 Å². The summed E-state index contributed by atoms with van der Waals surface area (Å²) in [6, 6.07) is 11.9. The number of nitrogens with zero attached hydrogens (tertiary/aromatic N) is 2. The molecule has 0 aliphatic rings. The maximum atomic E-state index is 12.5. The van der Waals surface area contributed by atoms with E-state index in [1.165, 1.54) is 17.4 Å². The van der Waals surface area contributed by atoms with Crippen LogP contribution in [-0.4, -0.2) is 30.5 Å². The second kappa shape index (κ2) is 7.22. The molecule has 3 aromatic rings. The quantitative estimate of drug-likeness (QED) is 0.699. The maximum absolute atomic E-state index is 12.5. The first-order valence-electron chi connectivity index (χ1n) is 7.60. The highest BCUT2D eigenvalue weighted by molar-refractivity contribution is 7.92. The highest BCUT2D eigenvalue weighted by Gasteiger charge is 2.14. The van der Waals surface area contributed by atoms with Crippen LogP contribution in [0.25, 0.3) is 10.6 Å². The Bertz CT molecular complexity index is 1050. The van der Waals surface area contributed by atoms with Crippen molar-refractivity contribution in [2.24, 2.45) is 0 Å². The van der Waals surface area contributed by atoms with Gasteiger partial charge in [-0.25, -0.2) is 13.4 Å². The van der Waals surface area contributed by atoms with Crippen molar-refractivity contribution < 1.29 is 13.2 Å². The number of carbonyl (C=O) groups is 1. The Morgan fingerprint density at radius 2 is 1.96 bits per heavy atom. The molecule has 134 valence electrons. The predicted octanol–water partition coefficient (Wildman–Crippen LogP) is 3.14. The van der Waals surface area contributed by atoms with Crippen molar-refractivity contribution in [3.63, 3.8) is 0 Å². The Hall–Kier alpha value is -2.78. The van der Waals surface area contributed by atoms with Crippen LogP contribution in [0.2, 0.25) is 0 Å². The number of aromatic nitrogens is 2. The fraction of sp³-hybridized carbons (Fsp3) is 0.118. The van der Waals surface area contributed by atoms with Crippen LogP contribution in [0.1, 0.15) is 16.1 Å². The lowest BCUT2D eigenvalue weighted by atomic mass is 10.2. The van der Waals surface area contributed by atoms with Gasteiger partial charge in [-0.15, -0.1) is 0 Å². The van der Waals surface area contributed by atoms with Gasteiger partial charge in [-0.2, -0.15) is 0 Å². The molecule has 2 aromatic heterocycles. The van der Waals surface area contributed by atoms with Crippen LogP contribution < -0.4 is 10.0 Å². The lowest BCUT2D eigenvalue weighted by Gasteiger charge is -2.06. The standard InChI is InChI=1S/C17H16N4O3S2/c1-11-15(14-8-3-4-9-18-14)25-17(19-11)20-16(22)12-6-5-7-13(10-12)21-26(2,23)24/h3-10,21H,1-2H3,(H,19,20,22). The summed E-state index contributed by atoms with van der Waals surface area (Å²) < 4.78 is 25.0. The summed E-state index contributed by atoms with van der Waals surface area (Å²) in [5.74, 6) is -0.372. The van der Waals surface area contributed by atoms with E-state index in [9.17, 15) is 13.2 Å². The minimum absolute atomic E-state index is 0.324. The molecule has 0 aliphatic heterocycles. The highest BCUT2D eigenvalue weighted by Crippen LogP contribution is 2.31. The minimum atomic E-state index is -3.41. The monoisotopic (exact) mass is 388 g/mol. The third kappa shape index (κ3) is 4.44. The summed E-state index contributed by atoms with van der Waals surface area (Å²) in [5.41, 5.74) is 2.22. The first-order valence-corrected chi connectivity index (χ1v) is 10.3. The molecule has 2 N–H and O–H groups in total. The summed E-state index contributed by atoms with van der Waals surface area (Å²) in [7, 11) is -3.41. The van der Waals surface area contributed by atoms with Gasteiger partial charge < -0.3 is 0 Å². The number of nitrogens with one attached hydrogen (secondary N) is 2. The molecule has 0 saturated heterocycles. The highest BCUT2D eigenvalue weighted by atomic mass is 32.2.